The van der Waals surface area contributed by atoms with Gasteiger partial charge in [-0.05, 0) is 40.2 Å². The van der Waals surface area contributed by atoms with E-state index in [4.69, 9.17) is 9.26 Å². The smallest absolute Gasteiger partial charge is 0.344 e. The van der Waals surface area contributed by atoms with E-state index in [-0.39, 0.29) is 0 Å². The summed E-state index contributed by atoms with van der Waals surface area (Å²) < 4.78 is 10.6. The molecule has 2 aromatic rings. The summed E-state index contributed by atoms with van der Waals surface area (Å²) in [5.41, 5.74) is 2.30. The molecule has 0 N–H and O–H groups in total. The van der Waals surface area contributed by atoms with Crippen LogP contribution in [0.15, 0.2) is 28.8 Å². The third-order valence-corrected chi connectivity index (χ3v) is 2.87. The second-order valence-corrected chi connectivity index (χ2v) is 5.78. The van der Waals surface area contributed by atoms with Crippen LogP contribution in [-0.2, 0) is 4.74 Å². The van der Waals surface area contributed by atoms with E-state index >= 15 is 0 Å². The number of benzene rings is 1. The molecule has 0 spiro atoms. The van der Waals surface area contributed by atoms with Gasteiger partial charge in [0.1, 0.15) is 22.6 Å². The molecule has 0 radical (unpaired) electrons. The van der Waals surface area contributed by atoms with Crippen molar-refractivity contribution in [2.45, 2.75) is 40.2 Å². The van der Waals surface area contributed by atoms with Crippen LogP contribution in [0.25, 0.3) is 11.3 Å². The van der Waals surface area contributed by atoms with Crippen LogP contribution in [0.3, 0.4) is 0 Å². The van der Waals surface area contributed by atoms with E-state index in [1.165, 1.54) is 0 Å². The van der Waals surface area contributed by atoms with Crippen molar-refractivity contribution in [3.05, 3.63) is 41.2 Å². The molecule has 106 valence electrons. The lowest BCUT2D eigenvalue weighted by Gasteiger charge is -2.19. The molecular formula is C16H19NO3. The maximum atomic E-state index is 12.3. The second kappa shape index (κ2) is 5.12. The van der Waals surface area contributed by atoms with Gasteiger partial charge in [-0.3, -0.25) is 0 Å². The highest BCUT2D eigenvalue weighted by molar-refractivity contribution is 5.97. The predicted molar refractivity (Wildman–Crippen MR) is 76.6 cm³/mol. The zero-order valence-corrected chi connectivity index (χ0v) is 12.5. The minimum Gasteiger partial charge on any atom is -0.456 e. The number of hydrogen-bond acceptors (Lipinski definition) is 4. The number of carbonyl (C=O) groups is 1. The van der Waals surface area contributed by atoms with Crippen molar-refractivity contribution in [2.75, 3.05) is 0 Å². The van der Waals surface area contributed by atoms with Gasteiger partial charge in [-0.2, -0.15) is 0 Å². The van der Waals surface area contributed by atoms with Crippen LogP contribution in [-0.4, -0.2) is 16.7 Å². The Morgan fingerprint density at radius 3 is 2.45 bits per heavy atom. The summed E-state index contributed by atoms with van der Waals surface area (Å²) in [6.07, 6.45) is 0. The number of carbonyl (C=O) groups excluding carboxylic acids is 1. The number of aromatic nitrogens is 1. The summed E-state index contributed by atoms with van der Waals surface area (Å²) in [5, 5.41) is 4.02. The van der Waals surface area contributed by atoms with Gasteiger partial charge in [-0.25, -0.2) is 4.79 Å². The molecule has 0 amide bonds. The molecule has 0 saturated heterocycles. The molecule has 4 heteroatoms. The Bertz CT molecular complexity index is 635. The Morgan fingerprint density at radius 2 is 1.85 bits per heavy atom. The third-order valence-electron chi connectivity index (χ3n) is 2.87. The van der Waals surface area contributed by atoms with Crippen LogP contribution in [0.2, 0.25) is 0 Å². The molecule has 0 atom stereocenters. The lowest BCUT2D eigenvalue weighted by atomic mass is 10.0. The maximum absolute atomic E-state index is 12.3. The zero-order valence-electron chi connectivity index (χ0n) is 12.5. The first kappa shape index (κ1) is 14.3. The van der Waals surface area contributed by atoms with Gasteiger partial charge in [-0.1, -0.05) is 29.4 Å². The number of rotatable bonds is 2. The van der Waals surface area contributed by atoms with Crippen LogP contribution >= 0.6 is 0 Å². The SMILES string of the molecule is Cc1ccccc1-c1noc(C)c1C(=O)OC(C)(C)C. The first-order valence-corrected chi connectivity index (χ1v) is 6.55. The van der Waals surface area contributed by atoms with Gasteiger partial charge >= 0.3 is 5.97 Å². The summed E-state index contributed by atoms with van der Waals surface area (Å²) in [5.74, 6) is 0.0620. The van der Waals surface area contributed by atoms with Gasteiger partial charge in [0.15, 0.2) is 0 Å². The third kappa shape index (κ3) is 2.90. The highest BCUT2D eigenvalue weighted by Crippen LogP contribution is 2.29. The molecular weight excluding hydrogens is 254 g/mol. The van der Waals surface area contributed by atoms with Crippen LogP contribution in [0.4, 0.5) is 0 Å². The molecule has 0 aliphatic heterocycles. The van der Waals surface area contributed by atoms with Crippen LogP contribution in [0.5, 0.6) is 0 Å². The summed E-state index contributed by atoms with van der Waals surface area (Å²) in [7, 11) is 0. The molecule has 0 bridgehead atoms. The Hall–Kier alpha value is -2.10. The fourth-order valence-corrected chi connectivity index (χ4v) is 1.96. The summed E-state index contributed by atoms with van der Waals surface area (Å²) >= 11 is 0. The van der Waals surface area contributed by atoms with E-state index in [0.29, 0.717) is 17.0 Å². The first-order chi connectivity index (χ1) is 9.29. The average Bonchev–Trinajstić information content (AvgIpc) is 2.69. The monoisotopic (exact) mass is 273 g/mol. The predicted octanol–water partition coefficient (Wildman–Crippen LogP) is 3.91. The van der Waals surface area contributed by atoms with Crippen LogP contribution in [0.1, 0.15) is 42.5 Å². The minimum absolute atomic E-state index is 0.397. The zero-order chi connectivity index (χ0) is 14.9. The van der Waals surface area contributed by atoms with Crippen molar-refractivity contribution in [3.8, 4) is 11.3 Å². The molecule has 2 rings (SSSR count). The number of hydrogen-bond donors (Lipinski definition) is 0. The summed E-state index contributed by atoms with van der Waals surface area (Å²) in [4.78, 5) is 12.3. The fraction of sp³-hybridized carbons (Fsp3) is 0.375. The molecule has 1 heterocycles. The van der Waals surface area contributed by atoms with E-state index in [9.17, 15) is 4.79 Å². The number of esters is 1. The molecule has 20 heavy (non-hydrogen) atoms. The lowest BCUT2D eigenvalue weighted by molar-refractivity contribution is 0.00687. The number of aryl methyl sites for hydroxylation is 2. The van der Waals surface area contributed by atoms with E-state index in [1.807, 2.05) is 52.0 Å². The summed E-state index contributed by atoms with van der Waals surface area (Å²) in [6, 6.07) is 7.74. The molecule has 0 aliphatic rings. The van der Waals surface area contributed by atoms with Crippen molar-refractivity contribution in [3.63, 3.8) is 0 Å². The van der Waals surface area contributed by atoms with Crippen molar-refractivity contribution < 1.29 is 14.1 Å². The molecule has 0 unspecified atom stereocenters. The Morgan fingerprint density at radius 1 is 1.20 bits per heavy atom. The van der Waals surface area contributed by atoms with Gasteiger partial charge < -0.3 is 9.26 Å². The van der Waals surface area contributed by atoms with Gasteiger partial charge in [0.05, 0.1) is 0 Å². The Labute approximate surface area is 118 Å². The van der Waals surface area contributed by atoms with Gasteiger partial charge in [0.25, 0.3) is 0 Å². The molecule has 0 saturated carbocycles. The molecule has 1 aromatic heterocycles. The van der Waals surface area contributed by atoms with Gasteiger partial charge in [0.2, 0.25) is 0 Å². The van der Waals surface area contributed by atoms with Crippen molar-refractivity contribution >= 4 is 5.97 Å². The Kier molecular flexibility index (Phi) is 3.66. The van der Waals surface area contributed by atoms with Crippen molar-refractivity contribution in [1.82, 2.24) is 5.16 Å². The molecule has 1 aromatic carbocycles. The van der Waals surface area contributed by atoms with Crippen LogP contribution in [0, 0.1) is 13.8 Å². The largest absolute Gasteiger partial charge is 0.456 e. The van der Waals surface area contributed by atoms with E-state index in [0.717, 1.165) is 11.1 Å². The lowest BCUT2D eigenvalue weighted by Crippen LogP contribution is -2.24. The van der Waals surface area contributed by atoms with Crippen LogP contribution < -0.4 is 0 Å². The normalized spacial score (nSPS) is 11.4. The van der Waals surface area contributed by atoms with E-state index in [2.05, 4.69) is 5.16 Å². The standard InChI is InChI=1S/C16H19NO3/c1-10-8-6-7-9-12(10)14-13(11(2)20-17-14)15(18)19-16(3,4)5/h6-9H,1-5H3. The highest BCUT2D eigenvalue weighted by Gasteiger charge is 2.27. The average molecular weight is 273 g/mol. The second-order valence-electron chi connectivity index (χ2n) is 5.78. The molecule has 0 fully saturated rings. The Balaban J connectivity index is 2.48. The quantitative estimate of drug-likeness (QED) is 0.778. The number of nitrogens with zero attached hydrogens (tertiary/aromatic N) is 1. The molecule has 4 nitrogen and oxygen atoms in total. The fourth-order valence-electron chi connectivity index (χ4n) is 1.96. The highest BCUT2D eigenvalue weighted by atomic mass is 16.6. The topological polar surface area (TPSA) is 52.3 Å². The van der Waals surface area contributed by atoms with Crippen molar-refractivity contribution in [2.24, 2.45) is 0 Å². The van der Waals surface area contributed by atoms with Gasteiger partial charge in [0, 0.05) is 5.56 Å². The summed E-state index contributed by atoms with van der Waals surface area (Å²) in [6.45, 7) is 9.19. The molecule has 0 aliphatic carbocycles. The van der Waals surface area contributed by atoms with E-state index in [1.54, 1.807) is 6.92 Å². The van der Waals surface area contributed by atoms with Gasteiger partial charge in [-0.15, -0.1) is 0 Å². The maximum Gasteiger partial charge on any atom is 0.344 e. The number of ether oxygens (including phenoxy) is 1. The van der Waals surface area contributed by atoms with E-state index < -0.39 is 11.6 Å². The van der Waals surface area contributed by atoms with Crippen molar-refractivity contribution in [1.29, 1.82) is 0 Å². The minimum atomic E-state index is -0.552. The first-order valence-electron chi connectivity index (χ1n) is 6.55.